The molecule has 0 bridgehead atoms. The molecule has 1 aromatic rings. The van der Waals surface area contributed by atoms with E-state index in [-0.39, 0.29) is 9.79 Å². The number of primary sulfonamides is 1. The molecule has 0 radical (unpaired) electrons. The molecule has 1 aromatic carbocycles. The van der Waals surface area contributed by atoms with Gasteiger partial charge in [-0.3, -0.25) is 0 Å². The van der Waals surface area contributed by atoms with Crippen LogP contribution in [0.2, 0.25) is 0 Å². The first-order valence-electron chi connectivity index (χ1n) is 3.84. The molecular weight excluding hydrogens is 240 g/mol. The summed E-state index contributed by atoms with van der Waals surface area (Å²) in [4.78, 5) is -0.379. The number of nitrogens with one attached hydrogen (secondary N) is 1. The number of benzene rings is 1. The van der Waals surface area contributed by atoms with Crippen molar-refractivity contribution in [3.8, 4) is 0 Å². The second-order valence-corrected chi connectivity index (χ2v) is 6.18. The lowest BCUT2D eigenvalue weighted by atomic mass is 10.4. The summed E-state index contributed by atoms with van der Waals surface area (Å²) in [6.45, 7) is 0. The molecule has 0 amide bonds. The molecule has 15 heavy (non-hydrogen) atoms. The monoisotopic (exact) mass is 250 g/mol. The fourth-order valence-corrected chi connectivity index (χ4v) is 2.35. The molecule has 1 rings (SSSR count). The molecule has 8 heteroatoms. The largest absolute Gasteiger partial charge is 0.240 e. The summed E-state index contributed by atoms with van der Waals surface area (Å²) in [5.41, 5.74) is 0. The van der Waals surface area contributed by atoms with Crippen LogP contribution in [0.5, 0.6) is 0 Å². The van der Waals surface area contributed by atoms with Gasteiger partial charge in [0.1, 0.15) is 0 Å². The summed E-state index contributed by atoms with van der Waals surface area (Å²) in [6, 6.07) is 4.82. The van der Waals surface area contributed by atoms with Crippen LogP contribution < -0.4 is 9.86 Å². The van der Waals surface area contributed by atoms with Crippen molar-refractivity contribution in [2.45, 2.75) is 9.79 Å². The molecular formula is C7H10N2O4S2. The van der Waals surface area contributed by atoms with Gasteiger partial charge in [0, 0.05) is 0 Å². The third kappa shape index (κ3) is 2.75. The number of hydrogen-bond acceptors (Lipinski definition) is 4. The summed E-state index contributed by atoms with van der Waals surface area (Å²) in [7, 11) is -6.30. The van der Waals surface area contributed by atoms with E-state index in [1.54, 1.807) is 0 Å². The van der Waals surface area contributed by atoms with E-state index in [4.69, 9.17) is 5.14 Å². The van der Waals surface area contributed by atoms with Gasteiger partial charge in [-0.25, -0.2) is 26.7 Å². The van der Waals surface area contributed by atoms with Crippen molar-refractivity contribution in [3.05, 3.63) is 24.3 Å². The first-order chi connectivity index (χ1) is 6.77. The van der Waals surface area contributed by atoms with Gasteiger partial charge in [0.25, 0.3) is 0 Å². The van der Waals surface area contributed by atoms with Gasteiger partial charge in [-0.05, 0) is 25.2 Å². The second-order valence-electron chi connectivity index (χ2n) is 2.73. The Balaban J connectivity index is 3.39. The van der Waals surface area contributed by atoms with Crippen molar-refractivity contribution in [1.82, 2.24) is 4.72 Å². The number of sulfonamides is 2. The van der Waals surface area contributed by atoms with Crippen molar-refractivity contribution in [2.24, 2.45) is 5.14 Å². The number of rotatable bonds is 3. The Morgan fingerprint density at radius 3 is 2.13 bits per heavy atom. The van der Waals surface area contributed by atoms with Crippen LogP contribution in [0.1, 0.15) is 0 Å². The lowest BCUT2D eigenvalue weighted by Gasteiger charge is -2.03. The highest BCUT2D eigenvalue weighted by atomic mass is 32.2. The number of nitrogens with two attached hydrogens (primary N) is 1. The highest BCUT2D eigenvalue weighted by molar-refractivity contribution is 7.90. The van der Waals surface area contributed by atoms with Crippen molar-refractivity contribution < 1.29 is 16.8 Å². The van der Waals surface area contributed by atoms with E-state index in [0.717, 1.165) is 6.07 Å². The molecule has 0 atom stereocenters. The maximum absolute atomic E-state index is 11.3. The third-order valence-electron chi connectivity index (χ3n) is 1.71. The number of hydrogen-bond donors (Lipinski definition) is 2. The van der Waals surface area contributed by atoms with Gasteiger partial charge >= 0.3 is 0 Å². The van der Waals surface area contributed by atoms with Gasteiger partial charge in [-0.15, -0.1) is 0 Å². The Kier molecular flexibility index (Phi) is 3.14. The fraction of sp³-hybridized carbons (Fsp3) is 0.143. The molecule has 6 nitrogen and oxygen atoms in total. The Labute approximate surface area is 88.2 Å². The van der Waals surface area contributed by atoms with Crippen molar-refractivity contribution >= 4 is 20.0 Å². The minimum Gasteiger partial charge on any atom is -0.225 e. The Bertz CT molecular complexity index is 562. The van der Waals surface area contributed by atoms with Crippen LogP contribution in [0.15, 0.2) is 34.1 Å². The maximum Gasteiger partial charge on any atom is 0.240 e. The molecule has 84 valence electrons. The highest BCUT2D eigenvalue weighted by Crippen LogP contribution is 2.13. The SMILES string of the molecule is CNS(=O)(=O)c1cccc(S(N)(=O)=O)c1. The lowest BCUT2D eigenvalue weighted by Crippen LogP contribution is -2.19. The topological polar surface area (TPSA) is 106 Å². The van der Waals surface area contributed by atoms with Crippen LogP contribution in [0.25, 0.3) is 0 Å². The highest BCUT2D eigenvalue weighted by Gasteiger charge is 2.15. The molecule has 3 N–H and O–H groups in total. The van der Waals surface area contributed by atoms with E-state index < -0.39 is 20.0 Å². The van der Waals surface area contributed by atoms with E-state index in [9.17, 15) is 16.8 Å². The molecule has 0 fully saturated rings. The molecule has 0 spiro atoms. The maximum atomic E-state index is 11.3. The summed E-state index contributed by atoms with van der Waals surface area (Å²) < 4.78 is 46.7. The van der Waals surface area contributed by atoms with Crippen molar-refractivity contribution in [1.29, 1.82) is 0 Å². The first-order valence-corrected chi connectivity index (χ1v) is 6.87. The summed E-state index contributed by atoms with van der Waals surface area (Å²) in [6.07, 6.45) is 0. The van der Waals surface area contributed by atoms with Gasteiger partial charge in [0.15, 0.2) is 0 Å². The van der Waals surface area contributed by atoms with Gasteiger partial charge < -0.3 is 0 Å². The Morgan fingerprint density at radius 1 is 1.13 bits per heavy atom. The van der Waals surface area contributed by atoms with E-state index in [0.29, 0.717) is 0 Å². The molecule has 0 saturated carbocycles. The smallest absolute Gasteiger partial charge is 0.225 e. The van der Waals surface area contributed by atoms with E-state index in [2.05, 4.69) is 4.72 Å². The van der Waals surface area contributed by atoms with E-state index in [1.807, 2.05) is 0 Å². The molecule has 0 aromatic heterocycles. The zero-order chi connectivity index (χ0) is 11.7. The third-order valence-corrected chi connectivity index (χ3v) is 4.04. The average molecular weight is 250 g/mol. The van der Waals surface area contributed by atoms with Crippen LogP contribution in [0, 0.1) is 0 Å². The fourth-order valence-electron chi connectivity index (χ4n) is 0.936. The minimum atomic E-state index is -3.89. The minimum absolute atomic E-state index is 0.142. The summed E-state index contributed by atoms with van der Waals surface area (Å²) in [5, 5.41) is 4.87. The molecule has 0 unspecified atom stereocenters. The van der Waals surface area contributed by atoms with E-state index >= 15 is 0 Å². The zero-order valence-electron chi connectivity index (χ0n) is 7.84. The van der Waals surface area contributed by atoms with Gasteiger partial charge in [0.05, 0.1) is 9.79 Å². The molecule has 0 aliphatic rings. The average Bonchev–Trinajstić information content (AvgIpc) is 2.17. The van der Waals surface area contributed by atoms with Crippen LogP contribution in [-0.4, -0.2) is 23.9 Å². The quantitative estimate of drug-likeness (QED) is 0.735. The zero-order valence-corrected chi connectivity index (χ0v) is 9.47. The lowest BCUT2D eigenvalue weighted by molar-refractivity contribution is 0.587. The van der Waals surface area contributed by atoms with Gasteiger partial charge in [0.2, 0.25) is 20.0 Å². The van der Waals surface area contributed by atoms with Crippen LogP contribution in [0.3, 0.4) is 0 Å². The Morgan fingerprint density at radius 2 is 1.67 bits per heavy atom. The van der Waals surface area contributed by atoms with Crippen LogP contribution >= 0.6 is 0 Å². The van der Waals surface area contributed by atoms with Crippen molar-refractivity contribution in [2.75, 3.05) is 7.05 Å². The van der Waals surface area contributed by atoms with Crippen molar-refractivity contribution in [3.63, 3.8) is 0 Å². The molecule has 0 heterocycles. The molecule has 0 aliphatic heterocycles. The molecule has 0 saturated heterocycles. The summed E-state index contributed by atoms with van der Waals surface area (Å²) >= 11 is 0. The molecule has 0 aliphatic carbocycles. The standard InChI is InChI=1S/C7H10N2O4S2/c1-9-15(12,13)7-4-2-3-6(5-7)14(8,10)11/h2-5,9H,1H3,(H2,8,10,11). The van der Waals surface area contributed by atoms with Gasteiger partial charge in [-0.1, -0.05) is 6.07 Å². The first kappa shape index (κ1) is 12.1. The van der Waals surface area contributed by atoms with Gasteiger partial charge in [-0.2, -0.15) is 0 Å². The second kappa shape index (κ2) is 3.89. The normalized spacial score (nSPS) is 12.7. The predicted octanol–water partition coefficient (Wildman–Crippen LogP) is -0.758. The van der Waals surface area contributed by atoms with Crippen LogP contribution in [0.4, 0.5) is 0 Å². The van der Waals surface area contributed by atoms with E-state index in [1.165, 1.54) is 25.2 Å². The predicted molar refractivity (Wildman–Crippen MR) is 54.1 cm³/mol. The van der Waals surface area contributed by atoms with Crippen LogP contribution in [-0.2, 0) is 20.0 Å². The Hall–Kier alpha value is -0.960. The summed E-state index contributed by atoms with van der Waals surface area (Å²) in [5.74, 6) is 0.